The lowest BCUT2D eigenvalue weighted by atomic mass is 10.3. The Kier molecular flexibility index (Phi) is 6.49. The summed E-state index contributed by atoms with van der Waals surface area (Å²) in [5.41, 5.74) is 0.690. The number of carbonyl (C=O) groups is 1. The van der Waals surface area contributed by atoms with E-state index in [0.29, 0.717) is 34.7 Å². The third-order valence-corrected chi connectivity index (χ3v) is 5.19. The van der Waals surface area contributed by atoms with Crippen LogP contribution in [0.4, 0.5) is 5.69 Å². The number of amides is 1. The van der Waals surface area contributed by atoms with Crippen LogP contribution in [0.3, 0.4) is 0 Å². The highest BCUT2D eigenvalue weighted by Gasteiger charge is 2.16. The number of anilines is 1. The van der Waals surface area contributed by atoms with Crippen molar-refractivity contribution in [3.05, 3.63) is 85.6 Å². The highest BCUT2D eigenvalue weighted by Crippen LogP contribution is 2.25. The topological polar surface area (TPSA) is 82.2 Å². The van der Waals surface area contributed by atoms with E-state index in [-0.39, 0.29) is 11.7 Å². The van der Waals surface area contributed by atoms with E-state index in [2.05, 4.69) is 22.1 Å². The molecule has 0 atom stereocenters. The number of allylic oxidation sites excluding steroid dienone is 1. The van der Waals surface area contributed by atoms with Gasteiger partial charge in [-0.25, -0.2) is 0 Å². The van der Waals surface area contributed by atoms with Crippen LogP contribution in [0.25, 0.3) is 11.6 Å². The number of rotatable bonds is 9. The molecule has 0 saturated heterocycles. The van der Waals surface area contributed by atoms with Gasteiger partial charge in [0.15, 0.2) is 10.9 Å². The molecule has 2 aromatic heterocycles. The summed E-state index contributed by atoms with van der Waals surface area (Å²) in [6, 6.07) is 20.4. The van der Waals surface area contributed by atoms with E-state index in [4.69, 9.17) is 9.15 Å². The Bertz CT molecular complexity index is 1140. The summed E-state index contributed by atoms with van der Waals surface area (Å²) in [5.74, 6) is 2.71. The summed E-state index contributed by atoms with van der Waals surface area (Å²) in [4.78, 5) is 12.4. The maximum atomic E-state index is 12.4. The predicted octanol–water partition coefficient (Wildman–Crippen LogP) is 5.25. The van der Waals surface area contributed by atoms with Gasteiger partial charge in [0, 0.05) is 12.2 Å². The molecule has 0 aliphatic carbocycles. The van der Waals surface area contributed by atoms with E-state index in [1.54, 1.807) is 30.5 Å². The minimum absolute atomic E-state index is 0.144. The molecule has 0 unspecified atom stereocenters. The average Bonchev–Trinajstić information content (AvgIpc) is 3.45. The number of hydrogen-bond acceptors (Lipinski definition) is 6. The molecule has 2 aromatic carbocycles. The standard InChI is InChI=1S/C23H20N4O3S/c1-2-14-27-22(20-9-6-15-29-20)25-26-23(27)31-16-21(28)24-17-10-12-19(13-11-17)30-18-7-4-3-5-8-18/h2-13,15H,1,14,16H2,(H,24,28). The van der Waals surface area contributed by atoms with E-state index in [0.717, 1.165) is 5.75 Å². The second-order valence-corrected chi connectivity index (χ2v) is 7.40. The van der Waals surface area contributed by atoms with E-state index < -0.39 is 0 Å². The fourth-order valence-corrected chi connectivity index (χ4v) is 3.58. The van der Waals surface area contributed by atoms with Gasteiger partial charge in [0.25, 0.3) is 0 Å². The van der Waals surface area contributed by atoms with E-state index in [1.165, 1.54) is 11.8 Å². The Morgan fingerprint density at radius 2 is 1.84 bits per heavy atom. The van der Waals surface area contributed by atoms with Crippen LogP contribution in [0.5, 0.6) is 11.5 Å². The van der Waals surface area contributed by atoms with Gasteiger partial charge in [-0.15, -0.1) is 16.8 Å². The first-order valence-electron chi connectivity index (χ1n) is 9.56. The highest BCUT2D eigenvalue weighted by atomic mass is 32.2. The highest BCUT2D eigenvalue weighted by molar-refractivity contribution is 7.99. The van der Waals surface area contributed by atoms with Crippen LogP contribution in [0.15, 0.2) is 95.2 Å². The summed E-state index contributed by atoms with van der Waals surface area (Å²) in [6.45, 7) is 4.29. The van der Waals surface area contributed by atoms with Gasteiger partial charge < -0.3 is 14.5 Å². The summed E-state index contributed by atoms with van der Waals surface area (Å²) >= 11 is 1.30. The maximum Gasteiger partial charge on any atom is 0.234 e. The molecule has 1 N–H and O–H groups in total. The summed E-state index contributed by atoms with van der Waals surface area (Å²) in [5, 5.41) is 11.9. The van der Waals surface area contributed by atoms with Crippen molar-refractivity contribution in [2.75, 3.05) is 11.1 Å². The van der Waals surface area contributed by atoms with Crippen molar-refractivity contribution in [3.8, 4) is 23.1 Å². The summed E-state index contributed by atoms with van der Waals surface area (Å²) in [6.07, 6.45) is 3.33. The van der Waals surface area contributed by atoms with Crippen LogP contribution in [-0.4, -0.2) is 26.4 Å². The van der Waals surface area contributed by atoms with Crippen molar-refractivity contribution >= 4 is 23.4 Å². The smallest absolute Gasteiger partial charge is 0.234 e. The lowest BCUT2D eigenvalue weighted by molar-refractivity contribution is -0.113. The van der Waals surface area contributed by atoms with Crippen LogP contribution in [0.2, 0.25) is 0 Å². The third kappa shape index (κ3) is 5.23. The molecule has 7 nitrogen and oxygen atoms in total. The molecule has 4 aromatic rings. The molecule has 0 saturated carbocycles. The van der Waals surface area contributed by atoms with Crippen molar-refractivity contribution in [2.24, 2.45) is 0 Å². The van der Waals surface area contributed by atoms with Gasteiger partial charge in [-0.1, -0.05) is 36.0 Å². The molecule has 4 rings (SSSR count). The number of hydrogen-bond donors (Lipinski definition) is 1. The van der Waals surface area contributed by atoms with Crippen LogP contribution in [0.1, 0.15) is 0 Å². The van der Waals surface area contributed by atoms with Crippen LogP contribution < -0.4 is 10.1 Å². The van der Waals surface area contributed by atoms with E-state index in [1.807, 2.05) is 53.1 Å². The molecule has 156 valence electrons. The molecule has 0 aliphatic heterocycles. The first-order chi connectivity index (χ1) is 15.2. The molecule has 31 heavy (non-hydrogen) atoms. The zero-order chi connectivity index (χ0) is 21.5. The van der Waals surface area contributed by atoms with Crippen molar-refractivity contribution in [1.82, 2.24) is 14.8 Å². The van der Waals surface area contributed by atoms with Crippen molar-refractivity contribution in [1.29, 1.82) is 0 Å². The second-order valence-electron chi connectivity index (χ2n) is 6.46. The lowest BCUT2D eigenvalue weighted by Gasteiger charge is -2.08. The molecule has 8 heteroatoms. The first kappa shape index (κ1) is 20.5. The van der Waals surface area contributed by atoms with Gasteiger partial charge in [-0.3, -0.25) is 9.36 Å². The number of aromatic nitrogens is 3. The first-order valence-corrected chi connectivity index (χ1v) is 10.5. The van der Waals surface area contributed by atoms with Crippen molar-refractivity contribution < 1.29 is 13.9 Å². The molecule has 1 amide bonds. The molecule has 0 aliphatic rings. The fourth-order valence-electron chi connectivity index (χ4n) is 2.84. The molecule has 0 bridgehead atoms. The van der Waals surface area contributed by atoms with Gasteiger partial charge in [-0.2, -0.15) is 0 Å². The minimum Gasteiger partial charge on any atom is -0.461 e. The summed E-state index contributed by atoms with van der Waals surface area (Å²) < 4.78 is 13.0. The number of ether oxygens (including phenoxy) is 1. The number of benzene rings is 2. The molecule has 0 radical (unpaired) electrons. The summed E-state index contributed by atoms with van der Waals surface area (Å²) in [7, 11) is 0. The van der Waals surface area contributed by atoms with E-state index >= 15 is 0 Å². The number of carbonyl (C=O) groups excluding carboxylic acids is 1. The molecule has 0 spiro atoms. The molecule has 2 heterocycles. The average molecular weight is 433 g/mol. The zero-order valence-electron chi connectivity index (χ0n) is 16.6. The quantitative estimate of drug-likeness (QED) is 0.287. The van der Waals surface area contributed by atoms with Gasteiger partial charge in [0.1, 0.15) is 11.5 Å². The SMILES string of the molecule is C=CCn1c(SCC(=O)Nc2ccc(Oc3ccccc3)cc2)nnc1-c1ccco1. The van der Waals surface area contributed by atoms with Crippen LogP contribution in [0, 0.1) is 0 Å². The number of nitrogens with one attached hydrogen (secondary N) is 1. The zero-order valence-corrected chi connectivity index (χ0v) is 17.4. The monoisotopic (exact) mass is 432 g/mol. The Labute approximate surface area is 183 Å². The second kappa shape index (κ2) is 9.82. The van der Waals surface area contributed by atoms with Crippen molar-refractivity contribution in [2.45, 2.75) is 11.7 Å². The molecule has 0 fully saturated rings. The van der Waals surface area contributed by atoms with Gasteiger partial charge >= 0.3 is 0 Å². The Hall–Kier alpha value is -3.78. The van der Waals surface area contributed by atoms with Gasteiger partial charge in [0.05, 0.1) is 12.0 Å². The predicted molar refractivity (Wildman–Crippen MR) is 120 cm³/mol. The van der Waals surface area contributed by atoms with Gasteiger partial charge in [-0.05, 0) is 48.5 Å². The normalized spacial score (nSPS) is 10.6. The Morgan fingerprint density at radius 1 is 1.06 bits per heavy atom. The van der Waals surface area contributed by atoms with Crippen molar-refractivity contribution in [3.63, 3.8) is 0 Å². The number of nitrogens with zero attached hydrogens (tertiary/aromatic N) is 3. The Morgan fingerprint density at radius 3 is 2.55 bits per heavy atom. The van der Waals surface area contributed by atoms with E-state index in [9.17, 15) is 4.79 Å². The van der Waals surface area contributed by atoms with Gasteiger partial charge in [0.2, 0.25) is 11.7 Å². The maximum absolute atomic E-state index is 12.4. The van der Waals surface area contributed by atoms with Crippen LogP contribution in [-0.2, 0) is 11.3 Å². The number of thioether (sulfide) groups is 1. The largest absolute Gasteiger partial charge is 0.461 e. The number of para-hydroxylation sites is 1. The fraction of sp³-hybridized carbons (Fsp3) is 0.0870. The molecular formula is C23H20N4O3S. The number of furan rings is 1. The Balaban J connectivity index is 1.35. The minimum atomic E-state index is -0.144. The lowest BCUT2D eigenvalue weighted by Crippen LogP contribution is -2.14. The third-order valence-electron chi connectivity index (χ3n) is 4.22. The van der Waals surface area contributed by atoms with Crippen LogP contribution >= 0.6 is 11.8 Å². The molecular weight excluding hydrogens is 412 g/mol.